The van der Waals surface area contributed by atoms with Crippen molar-refractivity contribution in [1.29, 1.82) is 0 Å². The maximum Gasteiger partial charge on any atom is 0.173 e. The molecule has 0 amide bonds. The lowest BCUT2D eigenvalue weighted by Gasteiger charge is -2.05. The number of halogens is 4. The minimum Gasteiger partial charge on any atom is -0.201 e. The van der Waals surface area contributed by atoms with Crippen LogP contribution in [0.1, 0.15) is 22.3 Å². The number of hydrogen-bond acceptors (Lipinski definition) is 16. The first kappa shape index (κ1) is 49.9. The van der Waals surface area contributed by atoms with Crippen LogP contribution in [-0.2, 0) is 26.2 Å². The lowest BCUT2D eigenvalue weighted by atomic mass is 10.1. The van der Waals surface area contributed by atoms with Gasteiger partial charge in [-0.3, -0.25) is 0 Å². The minimum atomic E-state index is -4.69. The SMILES string of the molecule is [O-][Cl+3]([O-])([O-])O.[O-][Cl+3]([O-])([O-])O.[O-][Cl+3]([O-])([O-])O.[O-][Cl+3]([O-])([O-])O.c1cc2cc(c1)C[n+]1ccc(cc1)-c1cc[n+](cc1)Cc1cccc(c1)C[n+]1ccc(cc1)-c1cc[n+](cc1)C2. The molecule has 20 nitrogen and oxygen atoms in total. The van der Waals surface area contributed by atoms with Crippen molar-refractivity contribution in [1.82, 2.24) is 0 Å². The highest BCUT2D eigenvalue weighted by Crippen LogP contribution is 2.18. The van der Waals surface area contributed by atoms with Crippen LogP contribution in [-0.4, -0.2) is 18.6 Å². The number of benzene rings is 2. The van der Waals surface area contributed by atoms with Gasteiger partial charge in [-0.25, -0.2) is 18.3 Å². The van der Waals surface area contributed by atoms with E-state index in [1.54, 1.807) is 0 Å². The molecule has 12 bridgehead atoms. The van der Waals surface area contributed by atoms with Gasteiger partial charge in [-0.15, -0.1) is 0 Å². The molecule has 0 unspecified atom stereocenters. The summed E-state index contributed by atoms with van der Waals surface area (Å²) in [5.74, 6) is 0. The van der Waals surface area contributed by atoms with E-state index in [1.807, 2.05) is 0 Å². The zero-order valence-corrected chi connectivity index (χ0v) is 33.7. The largest absolute Gasteiger partial charge is 0.201 e. The summed E-state index contributed by atoms with van der Waals surface area (Å²) in [5, 5.41) is 0. The van der Waals surface area contributed by atoms with Crippen molar-refractivity contribution in [3.8, 4) is 22.3 Å². The Balaban J connectivity index is 0.000000402. The van der Waals surface area contributed by atoms with Crippen LogP contribution in [0, 0.1) is 41.0 Å². The van der Waals surface area contributed by atoms with Gasteiger partial charge in [0.2, 0.25) is 0 Å². The van der Waals surface area contributed by atoms with E-state index in [0.29, 0.717) is 0 Å². The monoisotopic (exact) mass is 920 g/mol. The molecule has 4 aromatic heterocycles. The maximum atomic E-state index is 8.60. The number of rotatable bonds is 0. The standard InChI is InChI=1S/C36H32N4.4ClHO4/c1-3-29-23-30(4-1)26-38-17-9-34(10-18-38)36-13-21-40(22-14-36)28-32-6-2-5-31(24-32)27-39-19-11-35(12-20-39)33-7-15-37(25-29)16-8-33;4*2-1(3,4)5/h1-24H,25-28H2;4*(H,2,3,4,5)/q+4;;;;. The second-order valence-corrected chi connectivity index (χ2v) is 15.4. The van der Waals surface area contributed by atoms with Crippen LogP contribution in [0.25, 0.3) is 22.3 Å². The number of pyridine rings is 4. The molecule has 0 spiro atoms. The van der Waals surface area contributed by atoms with Crippen molar-refractivity contribution in [3.05, 3.63) is 169 Å². The van der Waals surface area contributed by atoms with Crippen molar-refractivity contribution in [2.24, 2.45) is 0 Å². The molecule has 0 saturated carbocycles. The first-order valence-corrected chi connectivity index (χ1v) is 21.4. The molecule has 0 atom stereocenters. The normalized spacial score (nSPS) is 12.4. The first-order chi connectivity index (χ1) is 27.7. The highest BCUT2D eigenvalue weighted by atomic mass is 35.7. The van der Waals surface area contributed by atoms with Crippen LogP contribution in [0.2, 0.25) is 0 Å². The van der Waals surface area contributed by atoms with Gasteiger partial charge in [-0.2, -0.15) is 55.9 Å². The van der Waals surface area contributed by atoms with Crippen molar-refractivity contribution >= 4 is 0 Å². The van der Waals surface area contributed by atoms with E-state index >= 15 is 0 Å². The summed E-state index contributed by atoms with van der Waals surface area (Å²) in [6.45, 7) is 3.39. The van der Waals surface area contributed by atoms with Crippen molar-refractivity contribution in [3.63, 3.8) is 0 Å². The Morgan fingerprint density at radius 2 is 0.450 bits per heavy atom. The Hall–Kier alpha value is -4.44. The number of aromatic nitrogens is 4. The van der Waals surface area contributed by atoms with Crippen LogP contribution in [0.5, 0.6) is 0 Å². The summed E-state index contributed by atoms with van der Waals surface area (Å²) < 4.78 is 140. The molecule has 24 heteroatoms. The fraction of sp³-hybridized carbons (Fsp3) is 0.111. The summed E-state index contributed by atoms with van der Waals surface area (Å²) in [6.07, 6.45) is 17.4. The Morgan fingerprint density at radius 1 is 0.300 bits per heavy atom. The van der Waals surface area contributed by atoms with Gasteiger partial charge in [0.15, 0.2) is 75.8 Å². The molecule has 320 valence electrons. The van der Waals surface area contributed by atoms with E-state index in [9.17, 15) is 0 Å². The molecule has 0 radical (unpaired) electrons. The topological polar surface area (TPSA) is 373 Å². The van der Waals surface area contributed by atoms with Gasteiger partial charge < -0.3 is 0 Å². The molecular weight excluding hydrogens is 886 g/mol. The summed E-state index contributed by atoms with van der Waals surface area (Å²) in [7, 11) is -18.8. The van der Waals surface area contributed by atoms with Crippen molar-refractivity contribution < 1.29 is 134 Å². The summed E-state index contributed by atoms with van der Waals surface area (Å²) in [5.41, 5.74) is 10.1. The van der Waals surface area contributed by atoms with Crippen molar-refractivity contribution in [2.45, 2.75) is 26.2 Å². The molecular formula is C36H36Cl4N4O16+4. The summed E-state index contributed by atoms with van der Waals surface area (Å²) in [6, 6.07) is 35.4. The average molecular weight is 923 g/mol. The zero-order valence-electron chi connectivity index (χ0n) is 30.7. The molecule has 7 aliphatic heterocycles. The minimum absolute atomic E-state index is 0.847. The maximum absolute atomic E-state index is 8.60. The van der Waals surface area contributed by atoms with Crippen LogP contribution < -0.4 is 74.2 Å². The first-order valence-electron chi connectivity index (χ1n) is 16.4. The summed E-state index contributed by atoms with van der Waals surface area (Å²) >= 11 is 0. The third kappa shape index (κ3) is 23.4. The van der Waals surface area contributed by atoms with Crippen LogP contribution in [0.3, 0.4) is 0 Å². The number of nitrogens with zero attached hydrogens (tertiary/aromatic N) is 4. The predicted octanol–water partition coefficient (Wildman–Crippen LogP) is -11.8. The average Bonchev–Trinajstić information content (AvgIpc) is 3.10. The Bertz CT molecular complexity index is 1870. The third-order valence-corrected chi connectivity index (χ3v) is 7.67. The lowest BCUT2D eigenvalue weighted by molar-refractivity contribution is -1.92. The fourth-order valence-corrected chi connectivity index (χ4v) is 5.52. The van der Waals surface area contributed by atoms with E-state index < -0.39 is 41.0 Å². The highest BCUT2D eigenvalue weighted by Gasteiger charge is 2.12. The van der Waals surface area contributed by atoms with Gasteiger partial charge in [0.05, 0.1) is 59.6 Å². The predicted molar refractivity (Wildman–Crippen MR) is 163 cm³/mol. The Labute approximate surface area is 349 Å². The molecule has 13 rings (SSSR count). The molecule has 6 aromatic rings. The van der Waals surface area contributed by atoms with Gasteiger partial charge in [0.1, 0.15) is 0 Å². The van der Waals surface area contributed by atoms with Gasteiger partial charge in [-0.1, -0.05) is 36.4 Å². The van der Waals surface area contributed by atoms with Gasteiger partial charge in [-0.05, 0) is 34.4 Å². The molecule has 7 aliphatic rings. The second kappa shape index (κ2) is 22.4. The number of hydrogen-bond donors (Lipinski definition) is 4. The molecule has 0 aliphatic carbocycles. The molecule has 11 heterocycles. The van der Waals surface area contributed by atoms with E-state index in [2.05, 4.69) is 165 Å². The molecule has 0 saturated heterocycles. The quantitative estimate of drug-likeness (QED) is 0.103. The fourth-order valence-electron chi connectivity index (χ4n) is 5.52. The highest BCUT2D eigenvalue weighted by molar-refractivity contribution is 5.61. The Kier molecular flexibility index (Phi) is 18.6. The van der Waals surface area contributed by atoms with Crippen LogP contribution in [0.4, 0.5) is 0 Å². The molecule has 0 fully saturated rings. The van der Waals surface area contributed by atoms with E-state index in [0.717, 1.165) is 26.2 Å². The van der Waals surface area contributed by atoms with E-state index in [4.69, 9.17) is 74.5 Å². The molecule has 60 heavy (non-hydrogen) atoms. The van der Waals surface area contributed by atoms with Gasteiger partial charge in [0, 0.05) is 70.8 Å². The summed E-state index contributed by atoms with van der Waals surface area (Å²) in [4.78, 5) is 0. The van der Waals surface area contributed by atoms with Gasteiger partial charge in [0.25, 0.3) is 0 Å². The lowest BCUT2D eigenvalue weighted by Crippen LogP contribution is -2.58. The zero-order chi connectivity index (χ0) is 44.7. The second-order valence-electron chi connectivity index (χ2n) is 12.3. The smallest absolute Gasteiger partial charge is 0.173 e. The van der Waals surface area contributed by atoms with Crippen LogP contribution >= 0.6 is 0 Å². The van der Waals surface area contributed by atoms with Crippen LogP contribution in [0.15, 0.2) is 147 Å². The van der Waals surface area contributed by atoms with Gasteiger partial charge >= 0.3 is 0 Å². The third-order valence-electron chi connectivity index (χ3n) is 7.67. The molecule has 4 N–H and O–H groups in total. The van der Waals surface area contributed by atoms with E-state index in [1.165, 1.54) is 44.5 Å². The Morgan fingerprint density at radius 3 is 0.600 bits per heavy atom. The van der Waals surface area contributed by atoms with E-state index in [-0.39, 0.29) is 0 Å². The van der Waals surface area contributed by atoms with Crippen molar-refractivity contribution in [2.75, 3.05) is 0 Å². The molecule has 2 aromatic carbocycles.